The van der Waals surface area contributed by atoms with Gasteiger partial charge in [-0.05, 0) is 45.0 Å². The normalized spacial score (nSPS) is 12.0. The van der Waals surface area contributed by atoms with Gasteiger partial charge in [-0.3, -0.25) is 4.79 Å². The Hall–Kier alpha value is -2.14. The van der Waals surface area contributed by atoms with Crippen molar-refractivity contribution in [2.24, 2.45) is 0 Å². The molecule has 5 heteroatoms. The van der Waals surface area contributed by atoms with Crippen LogP contribution in [0.4, 0.5) is 5.69 Å². The molecule has 0 aliphatic heterocycles. The van der Waals surface area contributed by atoms with Crippen molar-refractivity contribution in [3.63, 3.8) is 0 Å². The van der Waals surface area contributed by atoms with Gasteiger partial charge in [-0.25, -0.2) is 8.42 Å². The van der Waals surface area contributed by atoms with E-state index < -0.39 is 21.4 Å². The number of benzene rings is 2. The highest BCUT2D eigenvalue weighted by atomic mass is 32.2. The Labute approximate surface area is 144 Å². The van der Waals surface area contributed by atoms with Crippen LogP contribution in [0.1, 0.15) is 31.1 Å². The number of anilines is 1. The Balaban J connectivity index is 2.25. The summed E-state index contributed by atoms with van der Waals surface area (Å²) in [5.41, 5.74) is 1.19. The zero-order valence-corrected chi connectivity index (χ0v) is 15.3. The molecule has 0 radical (unpaired) electrons. The molecule has 4 nitrogen and oxygen atoms in total. The van der Waals surface area contributed by atoms with Gasteiger partial charge in [0, 0.05) is 23.8 Å². The van der Waals surface area contributed by atoms with E-state index in [1.165, 1.54) is 12.1 Å². The van der Waals surface area contributed by atoms with E-state index in [-0.39, 0.29) is 10.4 Å². The molecule has 0 bridgehead atoms. The quantitative estimate of drug-likeness (QED) is 0.777. The van der Waals surface area contributed by atoms with E-state index >= 15 is 0 Å². The summed E-state index contributed by atoms with van der Waals surface area (Å²) in [5.74, 6) is -0.928. The Morgan fingerprint density at radius 2 is 1.62 bits per heavy atom. The van der Waals surface area contributed by atoms with Gasteiger partial charge in [0.15, 0.2) is 15.6 Å². The number of carbonyl (C=O) groups excluding carboxylic acids is 1. The molecule has 0 aliphatic carbocycles. The van der Waals surface area contributed by atoms with Crippen molar-refractivity contribution >= 4 is 21.3 Å². The molecule has 2 aromatic rings. The van der Waals surface area contributed by atoms with Crippen LogP contribution in [0.25, 0.3) is 0 Å². The van der Waals surface area contributed by atoms with E-state index in [4.69, 9.17) is 0 Å². The fraction of sp³-hybridized carbons (Fsp3) is 0.316. The second kappa shape index (κ2) is 6.77. The smallest absolute Gasteiger partial charge is 0.185 e. The molecule has 24 heavy (non-hydrogen) atoms. The monoisotopic (exact) mass is 345 g/mol. The van der Waals surface area contributed by atoms with Gasteiger partial charge in [-0.15, -0.1) is 0 Å². The molecule has 0 aliphatic rings. The van der Waals surface area contributed by atoms with Crippen molar-refractivity contribution in [3.05, 3.63) is 60.2 Å². The van der Waals surface area contributed by atoms with Crippen molar-refractivity contribution in [2.45, 2.75) is 31.2 Å². The average molecular weight is 345 g/mol. The van der Waals surface area contributed by atoms with Crippen molar-refractivity contribution in [1.82, 2.24) is 0 Å². The summed E-state index contributed by atoms with van der Waals surface area (Å²) in [6.45, 7) is 6.21. The highest BCUT2D eigenvalue weighted by Crippen LogP contribution is 2.23. The zero-order chi connectivity index (χ0) is 18.0. The molecule has 0 aromatic heterocycles. The number of hydrogen-bond acceptors (Lipinski definition) is 4. The van der Waals surface area contributed by atoms with Crippen LogP contribution in [0, 0.1) is 0 Å². The van der Waals surface area contributed by atoms with Crippen LogP contribution in [0.5, 0.6) is 0 Å². The predicted octanol–water partition coefficient (Wildman–Crippen LogP) is 3.58. The molecule has 0 spiro atoms. The first-order valence-corrected chi connectivity index (χ1v) is 9.41. The maximum absolute atomic E-state index is 12.5. The van der Waals surface area contributed by atoms with Crippen molar-refractivity contribution in [3.8, 4) is 0 Å². The predicted molar refractivity (Wildman–Crippen MR) is 97.4 cm³/mol. The van der Waals surface area contributed by atoms with Gasteiger partial charge in [0.25, 0.3) is 0 Å². The summed E-state index contributed by atoms with van der Waals surface area (Å²) < 4.78 is 24.7. The number of sulfone groups is 1. The van der Waals surface area contributed by atoms with Crippen LogP contribution in [0.15, 0.2) is 59.5 Å². The number of hydrogen-bond donors (Lipinski definition) is 0. The van der Waals surface area contributed by atoms with Gasteiger partial charge < -0.3 is 4.90 Å². The largest absolute Gasteiger partial charge is 0.370 e. The third kappa shape index (κ3) is 4.23. The molecule has 0 N–H and O–H groups in total. The van der Waals surface area contributed by atoms with Crippen molar-refractivity contribution in [1.29, 1.82) is 0 Å². The van der Waals surface area contributed by atoms with E-state index in [9.17, 15) is 13.2 Å². The first kappa shape index (κ1) is 18.2. The molecular formula is C19H23NO3S. The van der Waals surface area contributed by atoms with Gasteiger partial charge in [0.05, 0.1) is 4.90 Å². The molecule has 0 amide bonds. The van der Waals surface area contributed by atoms with E-state index in [0.717, 1.165) is 5.69 Å². The topological polar surface area (TPSA) is 54.5 Å². The van der Waals surface area contributed by atoms with Crippen molar-refractivity contribution in [2.75, 3.05) is 17.7 Å². The van der Waals surface area contributed by atoms with Crippen LogP contribution >= 0.6 is 0 Å². The summed E-state index contributed by atoms with van der Waals surface area (Å²) in [6.07, 6.45) is 0. The lowest BCUT2D eigenvalue weighted by atomic mass is 10.0. The average Bonchev–Trinajstić information content (AvgIpc) is 2.54. The second-order valence-corrected chi connectivity index (χ2v) is 8.77. The number of nitrogens with zero attached hydrogens (tertiary/aromatic N) is 1. The van der Waals surface area contributed by atoms with Crippen LogP contribution in [-0.4, -0.2) is 32.5 Å². The highest BCUT2D eigenvalue weighted by molar-refractivity contribution is 7.92. The molecule has 0 fully saturated rings. The molecule has 0 saturated heterocycles. The minimum atomic E-state index is -3.63. The van der Waals surface area contributed by atoms with E-state index in [1.54, 1.807) is 36.4 Å². The molecule has 0 unspecified atom stereocenters. The number of ketones is 1. The lowest BCUT2D eigenvalue weighted by molar-refractivity contribution is 0.102. The zero-order valence-electron chi connectivity index (χ0n) is 14.5. The van der Waals surface area contributed by atoms with Gasteiger partial charge in [-0.1, -0.05) is 30.3 Å². The maximum Gasteiger partial charge on any atom is 0.185 e. The minimum absolute atomic E-state index is 0.0994. The standard InChI is InChI=1S/C19H23NO3S/c1-19(2,3)20(4)16-10-8-9-15(13-16)18(21)14-24(22,23)17-11-6-5-7-12-17/h5-13H,14H2,1-4H3. The molecule has 0 heterocycles. The van der Waals surface area contributed by atoms with Crippen molar-refractivity contribution < 1.29 is 13.2 Å². The summed E-state index contributed by atoms with van der Waals surface area (Å²) in [4.78, 5) is 14.7. The molecule has 0 atom stereocenters. The van der Waals surface area contributed by atoms with Gasteiger partial charge in [0.2, 0.25) is 0 Å². The van der Waals surface area contributed by atoms with E-state index in [0.29, 0.717) is 5.56 Å². The van der Waals surface area contributed by atoms with E-state index in [2.05, 4.69) is 25.7 Å². The first-order chi connectivity index (χ1) is 11.1. The summed E-state index contributed by atoms with van der Waals surface area (Å²) in [7, 11) is -1.68. The SMILES string of the molecule is CN(c1cccc(C(=O)CS(=O)(=O)c2ccccc2)c1)C(C)(C)C. The Bertz CT molecular complexity index is 821. The number of Topliss-reactive ketones (excluding diaryl/α,β-unsaturated/α-hetero) is 1. The minimum Gasteiger partial charge on any atom is -0.370 e. The summed E-state index contributed by atoms with van der Waals surface area (Å²) >= 11 is 0. The lowest BCUT2D eigenvalue weighted by Gasteiger charge is -2.34. The molecule has 128 valence electrons. The van der Waals surface area contributed by atoms with Crippen LogP contribution in [-0.2, 0) is 9.84 Å². The Kier molecular flexibility index (Phi) is 5.13. The van der Waals surface area contributed by atoms with Crippen LogP contribution in [0.3, 0.4) is 0 Å². The summed E-state index contributed by atoms with van der Waals surface area (Å²) in [6, 6.07) is 15.1. The maximum atomic E-state index is 12.5. The van der Waals surface area contributed by atoms with E-state index in [1.807, 2.05) is 13.1 Å². The fourth-order valence-corrected chi connectivity index (χ4v) is 3.49. The number of carbonyl (C=O) groups is 1. The van der Waals surface area contributed by atoms with Gasteiger partial charge in [0.1, 0.15) is 5.75 Å². The summed E-state index contributed by atoms with van der Waals surface area (Å²) in [5, 5.41) is 0. The van der Waals surface area contributed by atoms with Gasteiger partial charge >= 0.3 is 0 Å². The molecular weight excluding hydrogens is 322 g/mol. The first-order valence-electron chi connectivity index (χ1n) is 7.76. The Morgan fingerprint density at radius 1 is 1.00 bits per heavy atom. The Morgan fingerprint density at radius 3 is 2.21 bits per heavy atom. The van der Waals surface area contributed by atoms with Gasteiger partial charge in [-0.2, -0.15) is 0 Å². The lowest BCUT2D eigenvalue weighted by Crippen LogP contribution is -2.38. The van der Waals surface area contributed by atoms with Crippen LogP contribution in [0.2, 0.25) is 0 Å². The number of rotatable bonds is 5. The third-order valence-corrected chi connectivity index (χ3v) is 5.62. The highest BCUT2D eigenvalue weighted by Gasteiger charge is 2.22. The molecule has 2 aromatic carbocycles. The van der Waals surface area contributed by atoms with Crippen LogP contribution < -0.4 is 4.90 Å². The fourth-order valence-electron chi connectivity index (χ4n) is 2.24. The second-order valence-electron chi connectivity index (χ2n) is 6.78. The molecule has 0 saturated carbocycles. The molecule has 2 rings (SSSR count). The third-order valence-electron chi connectivity index (χ3n) is 3.99.